The highest BCUT2D eigenvalue weighted by molar-refractivity contribution is 14.1. The molecule has 330 valence electrons. The normalized spacial score (nSPS) is 28.9. The fourth-order valence-corrected chi connectivity index (χ4v) is 13.8. The SMILES string of the molecule is CC[Si](CC)(CC)O[C@@H](COC)C[C@H]1O[C@@](OC)([C@@H]2OC(=O)O[C@H]2C[C@H](OC)[C@H](CC/C=C(\C)I)O[Si](C)(C)C(C)(C)C)[C@H](C)[C@@H](O[Si](C)(C)C(C)(C)C)[C@H]1C. The van der Waals surface area contributed by atoms with Gasteiger partial charge in [0.05, 0.1) is 37.1 Å². The second-order valence-corrected chi connectivity index (χ2v) is 35.4. The van der Waals surface area contributed by atoms with Crippen molar-refractivity contribution in [1.29, 1.82) is 0 Å². The first-order chi connectivity index (χ1) is 25.7. The van der Waals surface area contributed by atoms with Gasteiger partial charge >= 0.3 is 6.16 Å². The van der Waals surface area contributed by atoms with Crippen LogP contribution in [-0.4, -0.2) is 108 Å². The minimum atomic E-state index is -2.31. The van der Waals surface area contributed by atoms with Crippen molar-refractivity contribution in [1.82, 2.24) is 0 Å². The number of hydrogen-bond acceptors (Lipinski definition) is 10. The molecule has 0 saturated carbocycles. The quantitative estimate of drug-likeness (QED) is 0.0592. The maximum atomic E-state index is 13.3. The Morgan fingerprint density at radius 2 is 1.43 bits per heavy atom. The van der Waals surface area contributed by atoms with Crippen molar-refractivity contribution >= 4 is 53.7 Å². The summed E-state index contributed by atoms with van der Waals surface area (Å²) in [5.74, 6) is -1.74. The molecular weight excluding hydrogens is 876 g/mol. The predicted octanol–water partition coefficient (Wildman–Crippen LogP) is 11.6. The molecule has 0 aromatic rings. The van der Waals surface area contributed by atoms with Crippen LogP contribution in [-0.2, 0) is 41.7 Å². The Bertz CT molecular complexity index is 1240. The van der Waals surface area contributed by atoms with Crippen LogP contribution < -0.4 is 0 Å². The lowest BCUT2D eigenvalue weighted by molar-refractivity contribution is -0.359. The smallest absolute Gasteiger partial charge is 0.427 e. The highest BCUT2D eigenvalue weighted by Crippen LogP contribution is 2.50. The number of ether oxygens (including phenoxy) is 6. The number of cyclic esters (lactones) is 2. The van der Waals surface area contributed by atoms with Gasteiger partial charge in [0.1, 0.15) is 0 Å². The summed E-state index contributed by atoms with van der Waals surface area (Å²) < 4.78 is 61.0. The Balaban J connectivity index is 2.70. The molecule has 0 aliphatic carbocycles. The Morgan fingerprint density at radius 3 is 1.89 bits per heavy atom. The van der Waals surface area contributed by atoms with Crippen molar-refractivity contribution in [3.05, 3.63) is 9.66 Å². The van der Waals surface area contributed by atoms with Crippen LogP contribution >= 0.6 is 22.6 Å². The number of allylic oxidation sites excluding steroid dienone is 2. The fourth-order valence-electron chi connectivity index (χ4n) is 7.82. The van der Waals surface area contributed by atoms with E-state index in [-0.39, 0.29) is 52.4 Å². The number of methoxy groups -OCH3 is 3. The third-order valence-corrected chi connectivity index (χ3v) is 28.0. The standard InChI is InChI=1S/C42H83IO10Si3/c1-20-56(21-2,22-3)51-32(28-45-13)26-34-30(5)37(53-55(18,19)41(10,11)12)31(6)42(47-15,50-34)38-36(48-39(44)49-38)27-35(46-14)33(25-23-24-29(4)43)52-54(16,17)40(7,8)9/h24,30-38H,20-23,25-28H2,1-19H3/b29-24+/t30-,31+,32+,33-,34+,35-,36-,37-,38+,42+/m0/s1. The van der Waals surface area contributed by atoms with E-state index in [0.717, 1.165) is 31.0 Å². The molecule has 2 aliphatic rings. The summed E-state index contributed by atoms with van der Waals surface area (Å²) in [5, 5.41) is -0.0358. The van der Waals surface area contributed by atoms with Crippen LogP contribution in [0.4, 0.5) is 4.79 Å². The summed E-state index contributed by atoms with van der Waals surface area (Å²) in [5.41, 5.74) is 0. The van der Waals surface area contributed by atoms with Gasteiger partial charge in [0.15, 0.2) is 37.2 Å². The average molecular weight is 959 g/mol. The summed E-state index contributed by atoms with van der Waals surface area (Å²) in [4.78, 5) is 13.3. The molecule has 0 spiro atoms. The first-order valence-corrected chi connectivity index (χ1v) is 30.6. The molecule has 0 aromatic carbocycles. The number of carbonyl (C=O) groups is 1. The van der Waals surface area contributed by atoms with E-state index < -0.39 is 49.1 Å². The minimum absolute atomic E-state index is 0.00169. The van der Waals surface area contributed by atoms with Crippen LogP contribution in [0.2, 0.25) is 54.4 Å². The summed E-state index contributed by atoms with van der Waals surface area (Å²) in [7, 11) is -1.41. The third-order valence-electron chi connectivity index (χ3n) is 13.8. The predicted molar refractivity (Wildman–Crippen MR) is 243 cm³/mol. The summed E-state index contributed by atoms with van der Waals surface area (Å²) in [6, 6.07) is 3.09. The molecule has 56 heavy (non-hydrogen) atoms. The van der Waals surface area contributed by atoms with Crippen molar-refractivity contribution in [2.24, 2.45) is 11.8 Å². The molecule has 0 N–H and O–H groups in total. The topological polar surface area (TPSA) is 100 Å². The highest BCUT2D eigenvalue weighted by atomic mass is 127. The Labute approximate surface area is 359 Å². The van der Waals surface area contributed by atoms with E-state index >= 15 is 0 Å². The van der Waals surface area contributed by atoms with E-state index in [1.165, 1.54) is 3.58 Å². The number of halogens is 1. The molecule has 2 rings (SSSR count). The van der Waals surface area contributed by atoms with E-state index in [1.807, 2.05) is 0 Å². The molecule has 0 amide bonds. The van der Waals surface area contributed by atoms with Gasteiger partial charge in [-0.3, -0.25) is 0 Å². The van der Waals surface area contributed by atoms with Gasteiger partial charge in [-0.05, 0) is 100 Å². The Kier molecular flexibility index (Phi) is 19.8. The first-order valence-electron chi connectivity index (χ1n) is 21.2. The van der Waals surface area contributed by atoms with E-state index in [2.05, 4.69) is 138 Å². The monoisotopic (exact) mass is 958 g/mol. The van der Waals surface area contributed by atoms with Gasteiger partial charge in [-0.15, -0.1) is 0 Å². The lowest BCUT2D eigenvalue weighted by atomic mass is 9.76. The van der Waals surface area contributed by atoms with E-state index in [1.54, 1.807) is 21.3 Å². The van der Waals surface area contributed by atoms with Crippen LogP contribution in [0.25, 0.3) is 0 Å². The maximum Gasteiger partial charge on any atom is 0.509 e. The van der Waals surface area contributed by atoms with Crippen molar-refractivity contribution < 1.29 is 46.5 Å². The zero-order chi connectivity index (χ0) is 43.1. The van der Waals surface area contributed by atoms with E-state index in [9.17, 15) is 4.79 Å². The molecule has 2 fully saturated rings. The number of rotatable bonds is 22. The molecule has 2 heterocycles. The zero-order valence-electron chi connectivity index (χ0n) is 38.9. The third kappa shape index (κ3) is 12.8. The number of carbonyl (C=O) groups excluding carboxylic acids is 1. The highest BCUT2D eigenvalue weighted by Gasteiger charge is 2.64. The van der Waals surface area contributed by atoms with Crippen LogP contribution in [0.5, 0.6) is 0 Å². The lowest BCUT2D eigenvalue weighted by Crippen LogP contribution is -2.67. The molecule has 0 radical (unpaired) electrons. The maximum absolute atomic E-state index is 13.3. The van der Waals surface area contributed by atoms with Crippen LogP contribution in [0, 0.1) is 11.8 Å². The van der Waals surface area contributed by atoms with Gasteiger partial charge in [0.2, 0.25) is 5.79 Å². The van der Waals surface area contributed by atoms with Gasteiger partial charge in [0.25, 0.3) is 0 Å². The summed E-state index contributed by atoms with van der Waals surface area (Å²) in [6.07, 6.45) is 0.994. The van der Waals surface area contributed by atoms with Gasteiger partial charge < -0.3 is 41.7 Å². The van der Waals surface area contributed by atoms with Gasteiger partial charge in [0, 0.05) is 46.0 Å². The molecule has 0 aromatic heterocycles. The molecule has 2 aliphatic heterocycles. The zero-order valence-corrected chi connectivity index (χ0v) is 44.0. The largest absolute Gasteiger partial charge is 0.509 e. The van der Waals surface area contributed by atoms with Crippen molar-refractivity contribution in [3.8, 4) is 0 Å². The Morgan fingerprint density at radius 1 is 0.857 bits per heavy atom. The molecule has 10 nitrogen and oxygen atoms in total. The molecule has 10 atom stereocenters. The van der Waals surface area contributed by atoms with Gasteiger partial charge in [-0.25, -0.2) is 4.79 Å². The van der Waals surface area contributed by atoms with Crippen LogP contribution in [0.15, 0.2) is 9.66 Å². The van der Waals surface area contributed by atoms with Crippen molar-refractivity contribution in [3.63, 3.8) is 0 Å². The lowest BCUT2D eigenvalue weighted by Gasteiger charge is -2.55. The van der Waals surface area contributed by atoms with Gasteiger partial charge in [-0.2, -0.15) is 0 Å². The van der Waals surface area contributed by atoms with E-state index in [4.69, 9.17) is 41.7 Å². The Hall–Kier alpha value is 0.111. The van der Waals surface area contributed by atoms with E-state index in [0.29, 0.717) is 19.4 Å². The molecule has 14 heteroatoms. The summed E-state index contributed by atoms with van der Waals surface area (Å²) in [6.45, 7) is 36.2. The average Bonchev–Trinajstić information content (AvgIpc) is 3.47. The molecule has 0 bridgehead atoms. The second-order valence-electron chi connectivity index (χ2n) is 19.5. The summed E-state index contributed by atoms with van der Waals surface area (Å²) >= 11 is 2.35. The molecule has 2 saturated heterocycles. The number of hydrogen-bond donors (Lipinski definition) is 0. The van der Waals surface area contributed by atoms with Crippen LogP contribution in [0.1, 0.15) is 109 Å². The van der Waals surface area contributed by atoms with Crippen molar-refractivity contribution in [2.45, 2.75) is 212 Å². The second kappa shape index (κ2) is 21.3. The molecule has 0 unspecified atom stereocenters. The van der Waals surface area contributed by atoms with Gasteiger partial charge in [-0.1, -0.05) is 82.2 Å². The fraction of sp³-hybridized carbons (Fsp3) is 0.929. The van der Waals surface area contributed by atoms with Crippen molar-refractivity contribution in [2.75, 3.05) is 27.9 Å². The molecular formula is C42H83IO10Si3. The minimum Gasteiger partial charge on any atom is -0.427 e. The first kappa shape index (κ1) is 52.2. The van der Waals surface area contributed by atoms with Crippen LogP contribution in [0.3, 0.4) is 0 Å².